The number of nitrogens with zero attached hydrogens (tertiary/aromatic N) is 2. The van der Waals surface area contributed by atoms with Gasteiger partial charge in [0.1, 0.15) is 11.9 Å². The van der Waals surface area contributed by atoms with Crippen LogP contribution in [0, 0.1) is 5.92 Å². The Balaban J connectivity index is 1.73. The summed E-state index contributed by atoms with van der Waals surface area (Å²) in [6.07, 6.45) is 3.77. The van der Waals surface area contributed by atoms with E-state index in [1.54, 1.807) is 36.8 Å². The van der Waals surface area contributed by atoms with Gasteiger partial charge in [0.15, 0.2) is 0 Å². The molecule has 1 atom stereocenters. The molecule has 0 fully saturated rings. The Morgan fingerprint density at radius 2 is 1.90 bits per heavy atom. The molecule has 8 heteroatoms. The highest BCUT2D eigenvalue weighted by Crippen LogP contribution is 2.23. The highest BCUT2D eigenvalue weighted by atomic mass is 35.5. The van der Waals surface area contributed by atoms with E-state index in [0.717, 1.165) is 11.1 Å². The minimum Gasteiger partial charge on any atom is -0.472 e. The number of hydrogen-bond acceptors (Lipinski definition) is 5. The van der Waals surface area contributed by atoms with Crippen LogP contribution in [0.3, 0.4) is 0 Å². The van der Waals surface area contributed by atoms with Gasteiger partial charge in [0.25, 0.3) is 0 Å². The van der Waals surface area contributed by atoms with E-state index in [4.69, 9.17) is 27.6 Å². The fourth-order valence-electron chi connectivity index (χ4n) is 2.85. The van der Waals surface area contributed by atoms with Crippen LogP contribution < -0.4 is 10.6 Å². The number of carbonyl (C=O) groups is 1. The highest BCUT2D eigenvalue weighted by Gasteiger charge is 2.21. The second-order valence-corrected chi connectivity index (χ2v) is 7.86. The molecule has 0 aliphatic rings. The third kappa shape index (κ3) is 6.21. The van der Waals surface area contributed by atoms with Crippen LogP contribution in [0.5, 0.6) is 0 Å². The van der Waals surface area contributed by atoms with Crippen molar-refractivity contribution in [2.45, 2.75) is 32.9 Å². The normalized spacial score (nSPS) is 12.0. The van der Waals surface area contributed by atoms with E-state index in [0.29, 0.717) is 35.4 Å². The van der Waals surface area contributed by atoms with Crippen LogP contribution in [0.2, 0.25) is 10.3 Å². The zero-order chi connectivity index (χ0) is 20.8. The SMILES string of the molecule is CC(C)CC(Nc1cc(-c2ccoc2)nc(Cl)n1)C(=O)NCc1ccc(Cl)cc1. The number of furan rings is 1. The summed E-state index contributed by atoms with van der Waals surface area (Å²) in [6.45, 7) is 4.53. The Morgan fingerprint density at radius 3 is 2.55 bits per heavy atom. The molecule has 0 radical (unpaired) electrons. The van der Waals surface area contributed by atoms with E-state index >= 15 is 0 Å². The van der Waals surface area contributed by atoms with E-state index in [1.807, 2.05) is 12.1 Å². The topological polar surface area (TPSA) is 80.1 Å². The molecule has 0 aliphatic heterocycles. The molecule has 1 amide bonds. The smallest absolute Gasteiger partial charge is 0.242 e. The van der Waals surface area contributed by atoms with Crippen LogP contribution in [0.4, 0.5) is 5.82 Å². The number of benzene rings is 1. The number of hydrogen-bond donors (Lipinski definition) is 2. The van der Waals surface area contributed by atoms with E-state index in [1.165, 1.54) is 0 Å². The average Bonchev–Trinajstić information content (AvgIpc) is 3.21. The molecule has 0 bridgehead atoms. The Bertz CT molecular complexity index is 944. The first kappa shape index (κ1) is 21.1. The number of carbonyl (C=O) groups excluding carboxylic acids is 1. The predicted molar refractivity (Wildman–Crippen MR) is 115 cm³/mol. The molecule has 2 heterocycles. The summed E-state index contributed by atoms with van der Waals surface area (Å²) in [5, 5.41) is 6.92. The zero-order valence-electron chi connectivity index (χ0n) is 16.2. The van der Waals surface area contributed by atoms with Gasteiger partial charge in [-0.15, -0.1) is 0 Å². The first-order chi connectivity index (χ1) is 13.9. The van der Waals surface area contributed by atoms with Crippen molar-refractivity contribution in [3.8, 4) is 11.3 Å². The molecular weight excluding hydrogens is 411 g/mol. The number of nitrogens with one attached hydrogen (secondary N) is 2. The first-order valence-electron chi connectivity index (χ1n) is 9.26. The lowest BCUT2D eigenvalue weighted by Crippen LogP contribution is -2.40. The number of aromatic nitrogens is 2. The van der Waals surface area contributed by atoms with Crippen LogP contribution in [0.25, 0.3) is 11.3 Å². The molecule has 0 saturated carbocycles. The van der Waals surface area contributed by atoms with Crippen molar-refractivity contribution in [2.75, 3.05) is 5.32 Å². The van der Waals surface area contributed by atoms with Crippen LogP contribution >= 0.6 is 23.2 Å². The van der Waals surface area contributed by atoms with Crippen molar-refractivity contribution in [1.82, 2.24) is 15.3 Å². The fraction of sp³-hybridized carbons (Fsp3) is 0.286. The van der Waals surface area contributed by atoms with E-state index in [-0.39, 0.29) is 11.2 Å². The minimum absolute atomic E-state index is 0.0936. The summed E-state index contributed by atoms with van der Waals surface area (Å²) in [5.74, 6) is 0.668. The fourth-order valence-corrected chi connectivity index (χ4v) is 3.15. The number of amides is 1. The van der Waals surface area contributed by atoms with Crippen LogP contribution in [-0.2, 0) is 11.3 Å². The Labute approximate surface area is 179 Å². The molecule has 29 heavy (non-hydrogen) atoms. The maximum absolute atomic E-state index is 12.8. The van der Waals surface area contributed by atoms with E-state index in [2.05, 4.69) is 34.4 Å². The van der Waals surface area contributed by atoms with Crippen LogP contribution in [0.1, 0.15) is 25.8 Å². The molecule has 0 spiro atoms. The Kier molecular flexibility index (Phi) is 7.12. The second-order valence-electron chi connectivity index (χ2n) is 7.09. The molecule has 2 N–H and O–H groups in total. The zero-order valence-corrected chi connectivity index (χ0v) is 17.7. The van der Waals surface area contributed by atoms with Gasteiger partial charge in [0, 0.05) is 23.2 Å². The second kappa shape index (κ2) is 9.76. The molecule has 152 valence electrons. The molecule has 3 aromatic rings. The van der Waals surface area contributed by atoms with Gasteiger partial charge in [-0.1, -0.05) is 37.6 Å². The summed E-state index contributed by atoms with van der Waals surface area (Å²) in [4.78, 5) is 21.3. The standard InChI is InChI=1S/C21H22Cl2N4O2/c1-13(2)9-18(20(28)24-11-14-3-5-16(22)6-4-14)25-19-10-17(26-21(23)27-19)15-7-8-29-12-15/h3-8,10,12-13,18H,9,11H2,1-2H3,(H,24,28)(H,25,26,27). The molecule has 3 rings (SSSR count). The first-order valence-corrected chi connectivity index (χ1v) is 10.0. The highest BCUT2D eigenvalue weighted by molar-refractivity contribution is 6.30. The third-order valence-corrected chi connectivity index (χ3v) is 4.66. The summed E-state index contributed by atoms with van der Waals surface area (Å²) in [7, 11) is 0. The van der Waals surface area contributed by atoms with E-state index < -0.39 is 6.04 Å². The summed E-state index contributed by atoms with van der Waals surface area (Å²) < 4.78 is 5.11. The van der Waals surface area contributed by atoms with E-state index in [9.17, 15) is 4.79 Å². The number of rotatable bonds is 8. The van der Waals surface area contributed by atoms with Gasteiger partial charge in [0.2, 0.25) is 11.2 Å². The molecular formula is C21H22Cl2N4O2. The average molecular weight is 433 g/mol. The summed E-state index contributed by atoms with van der Waals surface area (Å²) in [6, 6.07) is 10.4. The lowest BCUT2D eigenvalue weighted by molar-refractivity contribution is -0.122. The maximum atomic E-state index is 12.8. The number of halogens is 2. The Morgan fingerprint density at radius 1 is 1.14 bits per heavy atom. The third-order valence-electron chi connectivity index (χ3n) is 4.24. The van der Waals surface area contributed by atoms with Gasteiger partial charge in [0.05, 0.1) is 18.2 Å². The van der Waals surface area contributed by atoms with Crippen molar-refractivity contribution in [3.05, 3.63) is 64.8 Å². The van der Waals surface area contributed by atoms with Crippen molar-refractivity contribution < 1.29 is 9.21 Å². The lowest BCUT2D eigenvalue weighted by atomic mass is 10.0. The summed E-state index contributed by atoms with van der Waals surface area (Å²) >= 11 is 12.0. The predicted octanol–water partition coefficient (Wildman–Crippen LogP) is 5.19. The number of anilines is 1. The Hall–Kier alpha value is -2.57. The van der Waals surface area contributed by atoms with Gasteiger partial charge in [-0.25, -0.2) is 9.97 Å². The molecule has 0 saturated heterocycles. The van der Waals surface area contributed by atoms with Gasteiger partial charge in [-0.05, 0) is 47.7 Å². The lowest BCUT2D eigenvalue weighted by Gasteiger charge is -2.21. The molecule has 0 aliphatic carbocycles. The largest absolute Gasteiger partial charge is 0.472 e. The quantitative estimate of drug-likeness (QED) is 0.478. The minimum atomic E-state index is -0.467. The van der Waals surface area contributed by atoms with Gasteiger partial charge < -0.3 is 15.1 Å². The van der Waals surface area contributed by atoms with Crippen molar-refractivity contribution in [3.63, 3.8) is 0 Å². The molecule has 6 nitrogen and oxygen atoms in total. The van der Waals surface area contributed by atoms with Crippen LogP contribution in [-0.4, -0.2) is 21.9 Å². The van der Waals surface area contributed by atoms with Gasteiger partial charge >= 0.3 is 0 Å². The van der Waals surface area contributed by atoms with Crippen molar-refractivity contribution in [2.24, 2.45) is 5.92 Å². The monoisotopic (exact) mass is 432 g/mol. The van der Waals surface area contributed by atoms with Crippen molar-refractivity contribution >= 4 is 34.9 Å². The van der Waals surface area contributed by atoms with Crippen LogP contribution in [0.15, 0.2) is 53.3 Å². The van der Waals surface area contributed by atoms with Gasteiger partial charge in [-0.2, -0.15) is 0 Å². The summed E-state index contributed by atoms with van der Waals surface area (Å²) in [5.41, 5.74) is 2.37. The maximum Gasteiger partial charge on any atom is 0.242 e. The van der Waals surface area contributed by atoms with Crippen molar-refractivity contribution in [1.29, 1.82) is 0 Å². The molecule has 1 aromatic carbocycles. The molecule has 2 aromatic heterocycles. The van der Waals surface area contributed by atoms with Gasteiger partial charge in [-0.3, -0.25) is 4.79 Å². The molecule has 1 unspecified atom stereocenters.